The van der Waals surface area contributed by atoms with Crippen LogP contribution in [0.25, 0.3) is 6.08 Å². The highest BCUT2D eigenvalue weighted by Crippen LogP contribution is 2.27. The van der Waals surface area contributed by atoms with Gasteiger partial charge in [0.2, 0.25) is 0 Å². The predicted molar refractivity (Wildman–Crippen MR) is 49.8 cm³/mol. The Labute approximate surface area is 92.9 Å². The molecule has 0 aliphatic heterocycles. The molecule has 0 fully saturated rings. The lowest BCUT2D eigenvalue weighted by atomic mass is 10.2. The van der Waals surface area contributed by atoms with Crippen LogP contribution in [0.1, 0.15) is 5.56 Å². The lowest BCUT2D eigenvalue weighted by molar-refractivity contribution is -0.275. The number of alkyl halides is 3. The van der Waals surface area contributed by atoms with Crippen LogP contribution in [-0.4, -0.2) is 17.4 Å². The lowest BCUT2D eigenvalue weighted by Gasteiger charge is -2.10. The van der Waals surface area contributed by atoms with E-state index in [0.717, 1.165) is 24.3 Å². The summed E-state index contributed by atoms with van der Waals surface area (Å²) in [6.45, 7) is 0. The molecule has 0 spiro atoms. The van der Waals surface area contributed by atoms with Gasteiger partial charge in [-0.2, -0.15) is 0 Å². The van der Waals surface area contributed by atoms with E-state index in [0.29, 0.717) is 6.08 Å². The summed E-state index contributed by atoms with van der Waals surface area (Å²) in [4.78, 5) is 10.2. The third-order valence-electron chi connectivity index (χ3n) is 1.62. The first-order valence-electron chi connectivity index (χ1n) is 4.25. The second-order valence-electron chi connectivity index (χ2n) is 2.88. The van der Waals surface area contributed by atoms with Crippen LogP contribution in [0.3, 0.4) is 0 Å². The van der Waals surface area contributed by atoms with Crippen molar-refractivity contribution in [2.75, 3.05) is 0 Å². The number of carboxylic acids is 1. The van der Waals surface area contributed by atoms with E-state index in [1.807, 2.05) is 0 Å². The van der Waals surface area contributed by atoms with E-state index in [1.54, 1.807) is 0 Å². The number of carbonyl (C=O) groups is 1. The van der Waals surface area contributed by atoms with E-state index in [-0.39, 0.29) is 5.56 Å². The molecule has 0 heterocycles. The molecular formula is C10H6F4O3. The Balaban J connectivity index is 3.03. The van der Waals surface area contributed by atoms with Gasteiger partial charge in [-0.05, 0) is 12.1 Å². The predicted octanol–water partition coefficient (Wildman–Crippen LogP) is 2.82. The van der Waals surface area contributed by atoms with Crippen LogP contribution in [0.2, 0.25) is 0 Å². The van der Waals surface area contributed by atoms with Crippen molar-refractivity contribution in [3.05, 3.63) is 35.7 Å². The van der Waals surface area contributed by atoms with Crippen molar-refractivity contribution in [3.63, 3.8) is 0 Å². The average molecular weight is 250 g/mol. The first-order valence-corrected chi connectivity index (χ1v) is 4.25. The fourth-order valence-electron chi connectivity index (χ4n) is 1.02. The molecule has 0 bridgehead atoms. The fraction of sp³-hybridized carbons (Fsp3) is 0.100. The van der Waals surface area contributed by atoms with Crippen molar-refractivity contribution in [2.45, 2.75) is 6.36 Å². The van der Waals surface area contributed by atoms with Crippen LogP contribution in [-0.2, 0) is 4.79 Å². The average Bonchev–Trinajstić information content (AvgIpc) is 2.17. The number of ether oxygens (including phenoxy) is 1. The largest absolute Gasteiger partial charge is 0.573 e. The van der Waals surface area contributed by atoms with Gasteiger partial charge in [0.25, 0.3) is 0 Å². The van der Waals surface area contributed by atoms with Gasteiger partial charge < -0.3 is 9.84 Å². The quantitative estimate of drug-likeness (QED) is 0.662. The smallest absolute Gasteiger partial charge is 0.478 e. The van der Waals surface area contributed by atoms with Crippen molar-refractivity contribution in [1.29, 1.82) is 0 Å². The molecule has 0 aliphatic rings. The van der Waals surface area contributed by atoms with Gasteiger partial charge in [0, 0.05) is 11.6 Å². The number of rotatable bonds is 3. The molecule has 1 aromatic rings. The van der Waals surface area contributed by atoms with Crippen LogP contribution in [0.15, 0.2) is 24.3 Å². The first kappa shape index (κ1) is 13.0. The highest BCUT2D eigenvalue weighted by molar-refractivity contribution is 5.85. The zero-order chi connectivity index (χ0) is 13.1. The maximum Gasteiger partial charge on any atom is 0.573 e. The highest BCUT2D eigenvalue weighted by atomic mass is 19.4. The molecular weight excluding hydrogens is 244 g/mol. The van der Waals surface area contributed by atoms with Gasteiger partial charge in [0.1, 0.15) is 0 Å². The number of hydrogen-bond donors (Lipinski definition) is 1. The molecule has 1 N–H and O–H groups in total. The Bertz CT molecular complexity index is 451. The van der Waals surface area contributed by atoms with Gasteiger partial charge in [0.15, 0.2) is 11.6 Å². The molecule has 0 unspecified atom stereocenters. The van der Waals surface area contributed by atoms with E-state index in [1.165, 1.54) is 0 Å². The van der Waals surface area contributed by atoms with Crippen LogP contribution >= 0.6 is 0 Å². The maximum atomic E-state index is 13.4. The molecule has 0 atom stereocenters. The van der Waals surface area contributed by atoms with Crippen molar-refractivity contribution in [1.82, 2.24) is 0 Å². The molecule has 1 rings (SSSR count). The van der Waals surface area contributed by atoms with Gasteiger partial charge in [0.05, 0.1) is 0 Å². The Morgan fingerprint density at radius 1 is 1.35 bits per heavy atom. The van der Waals surface area contributed by atoms with Crippen molar-refractivity contribution >= 4 is 12.0 Å². The van der Waals surface area contributed by atoms with Gasteiger partial charge in [-0.1, -0.05) is 12.1 Å². The topological polar surface area (TPSA) is 46.5 Å². The third kappa shape index (κ3) is 4.13. The molecule has 17 heavy (non-hydrogen) atoms. The number of aliphatic carboxylic acids is 1. The molecule has 0 aromatic heterocycles. The molecule has 0 aliphatic carbocycles. The highest BCUT2D eigenvalue weighted by Gasteiger charge is 2.32. The van der Waals surface area contributed by atoms with Gasteiger partial charge in [-0.25, -0.2) is 9.18 Å². The number of benzene rings is 1. The van der Waals surface area contributed by atoms with Crippen molar-refractivity contribution < 1.29 is 32.2 Å². The minimum atomic E-state index is -5.00. The molecule has 0 radical (unpaired) electrons. The summed E-state index contributed by atoms with van der Waals surface area (Å²) in [5.74, 6) is -3.63. The van der Waals surface area contributed by atoms with Gasteiger partial charge in [-0.3, -0.25) is 0 Å². The van der Waals surface area contributed by atoms with Crippen LogP contribution in [0, 0.1) is 5.82 Å². The van der Waals surface area contributed by atoms with Crippen LogP contribution in [0.5, 0.6) is 5.75 Å². The van der Waals surface area contributed by atoms with Gasteiger partial charge >= 0.3 is 12.3 Å². The molecule has 0 saturated carbocycles. The summed E-state index contributed by atoms with van der Waals surface area (Å²) >= 11 is 0. The minimum absolute atomic E-state index is 0.311. The van der Waals surface area contributed by atoms with E-state index in [2.05, 4.69) is 4.74 Å². The Morgan fingerprint density at radius 3 is 2.53 bits per heavy atom. The summed E-state index contributed by atoms with van der Waals surface area (Å²) in [7, 11) is 0. The minimum Gasteiger partial charge on any atom is -0.478 e. The Kier molecular flexibility index (Phi) is 3.72. The summed E-state index contributed by atoms with van der Waals surface area (Å²) in [5, 5.41) is 8.30. The molecule has 1 aromatic carbocycles. The van der Waals surface area contributed by atoms with E-state index in [9.17, 15) is 22.4 Å². The van der Waals surface area contributed by atoms with E-state index in [4.69, 9.17) is 5.11 Å². The first-order chi connectivity index (χ1) is 7.79. The van der Waals surface area contributed by atoms with Crippen LogP contribution < -0.4 is 4.74 Å². The molecule has 0 amide bonds. The molecule has 0 saturated heterocycles. The van der Waals surface area contributed by atoms with E-state index >= 15 is 0 Å². The standard InChI is InChI=1S/C10H6F4O3/c11-9-6(4-5-8(15)16)2-1-3-7(9)17-10(12,13)14/h1-5H,(H,15,16)/b5-4+. The Hall–Kier alpha value is -2.05. The summed E-state index contributed by atoms with van der Waals surface area (Å²) in [6.07, 6.45) is -3.56. The normalized spacial score (nSPS) is 11.8. The summed E-state index contributed by atoms with van der Waals surface area (Å²) < 4.78 is 52.4. The van der Waals surface area contributed by atoms with Crippen molar-refractivity contribution in [2.24, 2.45) is 0 Å². The monoisotopic (exact) mass is 250 g/mol. The number of hydrogen-bond acceptors (Lipinski definition) is 2. The molecule has 7 heteroatoms. The summed E-state index contributed by atoms with van der Waals surface area (Å²) in [5.41, 5.74) is -0.311. The molecule has 3 nitrogen and oxygen atoms in total. The zero-order valence-corrected chi connectivity index (χ0v) is 8.16. The third-order valence-corrected chi connectivity index (χ3v) is 1.62. The maximum absolute atomic E-state index is 13.4. The van der Waals surface area contributed by atoms with Crippen molar-refractivity contribution in [3.8, 4) is 5.75 Å². The van der Waals surface area contributed by atoms with Gasteiger partial charge in [-0.15, -0.1) is 13.2 Å². The van der Waals surface area contributed by atoms with Crippen LogP contribution in [0.4, 0.5) is 17.6 Å². The Morgan fingerprint density at radius 2 is 2.00 bits per heavy atom. The van der Waals surface area contributed by atoms with E-state index < -0.39 is 23.9 Å². The molecule has 92 valence electrons. The number of carboxylic acid groups (broad SMARTS) is 1. The fourth-order valence-corrected chi connectivity index (χ4v) is 1.02. The SMILES string of the molecule is O=C(O)/C=C/c1cccc(OC(F)(F)F)c1F. The second-order valence-corrected chi connectivity index (χ2v) is 2.88. The summed E-state index contributed by atoms with van der Waals surface area (Å²) in [6, 6.07) is 3.03. The zero-order valence-electron chi connectivity index (χ0n) is 8.16. The second kappa shape index (κ2) is 4.86. The lowest BCUT2D eigenvalue weighted by Crippen LogP contribution is -2.18. The number of halogens is 4.